The summed E-state index contributed by atoms with van der Waals surface area (Å²) in [5.74, 6) is -3.43. The van der Waals surface area contributed by atoms with Crippen molar-refractivity contribution in [3.63, 3.8) is 0 Å². The number of fused-ring (bicyclic) bond motifs is 4. The molecule has 0 N–H and O–H groups in total. The number of aromatic nitrogens is 1. The van der Waals surface area contributed by atoms with E-state index in [9.17, 15) is 18.4 Å². The van der Waals surface area contributed by atoms with Crippen LogP contribution in [0.4, 0.5) is 13.2 Å². The molecule has 0 radical (unpaired) electrons. The van der Waals surface area contributed by atoms with Crippen LogP contribution in [0.2, 0.25) is 0 Å². The maximum atomic E-state index is 15.4. The SMILES string of the molecule is CN1C(=O)c2c(OCc3ccccc3)c(=O)ccn2N2[C@H](c3ccccc3F)c3cc(F)c(F)cc3OCC[C@@H]12. The van der Waals surface area contributed by atoms with E-state index in [-0.39, 0.29) is 48.0 Å². The molecule has 204 valence electrons. The van der Waals surface area contributed by atoms with Gasteiger partial charge in [0.05, 0.1) is 6.61 Å². The minimum atomic E-state index is -1.13. The Morgan fingerprint density at radius 3 is 2.40 bits per heavy atom. The van der Waals surface area contributed by atoms with Gasteiger partial charge < -0.3 is 14.4 Å². The molecule has 2 aliphatic heterocycles. The molecule has 0 saturated heterocycles. The largest absolute Gasteiger partial charge is 0.493 e. The highest BCUT2D eigenvalue weighted by atomic mass is 19.2. The molecule has 0 unspecified atom stereocenters. The molecule has 0 aliphatic carbocycles. The van der Waals surface area contributed by atoms with Crippen LogP contribution in [0.15, 0.2) is 83.8 Å². The van der Waals surface area contributed by atoms with Crippen LogP contribution >= 0.6 is 0 Å². The number of nitrogens with zero attached hydrogens (tertiary/aromatic N) is 3. The third-order valence-electron chi connectivity index (χ3n) is 7.23. The number of halogens is 3. The van der Waals surface area contributed by atoms with Crippen LogP contribution in [-0.4, -0.2) is 35.3 Å². The van der Waals surface area contributed by atoms with E-state index in [0.29, 0.717) is 0 Å². The van der Waals surface area contributed by atoms with Crippen LogP contribution in [0, 0.1) is 17.5 Å². The van der Waals surface area contributed by atoms with E-state index < -0.39 is 41.0 Å². The second-order valence-corrected chi connectivity index (χ2v) is 9.62. The number of pyridine rings is 1. The number of amides is 1. The minimum Gasteiger partial charge on any atom is -0.493 e. The average molecular weight is 548 g/mol. The Hall–Kier alpha value is -4.73. The predicted molar refractivity (Wildman–Crippen MR) is 140 cm³/mol. The quantitative estimate of drug-likeness (QED) is 0.369. The molecule has 3 aromatic carbocycles. The van der Waals surface area contributed by atoms with Crippen molar-refractivity contribution in [2.45, 2.75) is 25.2 Å². The molecule has 0 bridgehead atoms. The second kappa shape index (κ2) is 10.1. The van der Waals surface area contributed by atoms with E-state index in [4.69, 9.17) is 9.47 Å². The molecule has 4 aromatic rings. The molecular weight excluding hydrogens is 523 g/mol. The van der Waals surface area contributed by atoms with Gasteiger partial charge in [-0.25, -0.2) is 13.2 Å². The van der Waals surface area contributed by atoms with Gasteiger partial charge in [-0.2, -0.15) is 0 Å². The standard InChI is InChI=1S/C30H24F3N3O4/c1-34-26-12-14-39-25-16-23(33)22(32)15-20(25)27(19-9-5-6-10-21(19)31)36(26)35-13-11-24(37)29(28(35)30(34)38)40-17-18-7-3-2-4-8-18/h2-11,13,15-16,26-27H,12,14,17H2,1H3/t26-,27+/m0/s1. The molecule has 7 nitrogen and oxygen atoms in total. The zero-order valence-corrected chi connectivity index (χ0v) is 21.4. The first-order valence-corrected chi connectivity index (χ1v) is 12.7. The third kappa shape index (κ3) is 4.25. The lowest BCUT2D eigenvalue weighted by Gasteiger charge is -2.50. The monoisotopic (exact) mass is 547 g/mol. The van der Waals surface area contributed by atoms with Crippen molar-refractivity contribution in [2.24, 2.45) is 0 Å². The van der Waals surface area contributed by atoms with Crippen molar-refractivity contribution in [3.8, 4) is 11.5 Å². The van der Waals surface area contributed by atoms with Gasteiger partial charge in [0.2, 0.25) is 5.43 Å². The Morgan fingerprint density at radius 2 is 1.62 bits per heavy atom. The van der Waals surface area contributed by atoms with Gasteiger partial charge in [-0.1, -0.05) is 48.5 Å². The van der Waals surface area contributed by atoms with E-state index in [1.165, 1.54) is 40.0 Å². The maximum absolute atomic E-state index is 15.4. The summed E-state index contributed by atoms with van der Waals surface area (Å²) in [6.07, 6.45) is 0.966. The summed E-state index contributed by atoms with van der Waals surface area (Å²) in [4.78, 5) is 28.2. The fraction of sp³-hybridized carbons (Fsp3) is 0.200. The molecule has 10 heteroatoms. The van der Waals surface area contributed by atoms with Crippen molar-refractivity contribution in [3.05, 3.63) is 129 Å². The summed E-state index contributed by atoms with van der Waals surface area (Å²) in [5.41, 5.74) is 0.526. The second-order valence-electron chi connectivity index (χ2n) is 9.62. The smallest absolute Gasteiger partial charge is 0.277 e. The Morgan fingerprint density at radius 1 is 0.900 bits per heavy atom. The first-order valence-electron chi connectivity index (χ1n) is 12.7. The van der Waals surface area contributed by atoms with Crippen molar-refractivity contribution in [2.75, 3.05) is 18.7 Å². The summed E-state index contributed by atoms with van der Waals surface area (Å²) < 4.78 is 57.7. The fourth-order valence-electron chi connectivity index (χ4n) is 5.32. The molecule has 0 spiro atoms. The molecule has 3 heterocycles. The number of ether oxygens (including phenoxy) is 2. The third-order valence-corrected chi connectivity index (χ3v) is 7.23. The lowest BCUT2D eigenvalue weighted by atomic mass is 9.94. The molecule has 2 aliphatic rings. The van der Waals surface area contributed by atoms with Crippen LogP contribution in [0.5, 0.6) is 11.5 Å². The van der Waals surface area contributed by atoms with Gasteiger partial charge in [-0.05, 0) is 17.7 Å². The van der Waals surface area contributed by atoms with E-state index in [0.717, 1.165) is 17.7 Å². The van der Waals surface area contributed by atoms with Crippen molar-refractivity contribution in [1.82, 2.24) is 9.58 Å². The highest BCUT2D eigenvalue weighted by Crippen LogP contribution is 2.42. The fourth-order valence-corrected chi connectivity index (χ4v) is 5.32. The van der Waals surface area contributed by atoms with Crippen molar-refractivity contribution >= 4 is 5.91 Å². The van der Waals surface area contributed by atoms with Crippen molar-refractivity contribution < 1.29 is 27.4 Å². The number of rotatable bonds is 4. The van der Waals surface area contributed by atoms with Crippen LogP contribution in [0.25, 0.3) is 0 Å². The van der Waals surface area contributed by atoms with E-state index in [2.05, 4.69) is 0 Å². The van der Waals surface area contributed by atoms with Crippen LogP contribution in [0.1, 0.15) is 39.6 Å². The Bertz CT molecular complexity index is 1660. The molecular formula is C30H24F3N3O4. The highest BCUT2D eigenvalue weighted by molar-refractivity contribution is 5.96. The lowest BCUT2D eigenvalue weighted by molar-refractivity contribution is 0.0569. The maximum Gasteiger partial charge on any atom is 0.277 e. The van der Waals surface area contributed by atoms with Crippen LogP contribution < -0.4 is 19.9 Å². The number of hydrogen-bond acceptors (Lipinski definition) is 5. The lowest BCUT2D eigenvalue weighted by Crippen LogP contribution is -2.62. The summed E-state index contributed by atoms with van der Waals surface area (Å²) in [6.45, 7) is 0.0964. The number of hydrogen-bond donors (Lipinski definition) is 0. The summed E-state index contributed by atoms with van der Waals surface area (Å²) >= 11 is 0. The normalized spacial score (nSPS) is 18.1. The van der Waals surface area contributed by atoms with E-state index >= 15 is 4.39 Å². The minimum absolute atomic E-state index is 0.0332. The molecule has 1 aromatic heterocycles. The molecule has 0 fully saturated rings. The van der Waals surface area contributed by atoms with E-state index in [1.807, 2.05) is 30.3 Å². The Labute approximate surface area is 227 Å². The summed E-state index contributed by atoms with van der Waals surface area (Å²) in [5, 5.41) is 1.68. The van der Waals surface area contributed by atoms with Crippen LogP contribution in [-0.2, 0) is 6.61 Å². The van der Waals surface area contributed by atoms with Gasteiger partial charge in [0.1, 0.15) is 30.4 Å². The Kier molecular flexibility index (Phi) is 6.45. The number of carbonyl (C=O) groups excluding carboxylic acids is 1. The predicted octanol–water partition coefficient (Wildman–Crippen LogP) is 4.77. The van der Waals surface area contributed by atoms with Gasteiger partial charge in [0, 0.05) is 42.9 Å². The van der Waals surface area contributed by atoms with Crippen molar-refractivity contribution in [1.29, 1.82) is 0 Å². The first-order chi connectivity index (χ1) is 19.3. The van der Waals surface area contributed by atoms with Crippen LogP contribution in [0.3, 0.4) is 0 Å². The van der Waals surface area contributed by atoms with Gasteiger partial charge in [-0.15, -0.1) is 0 Å². The van der Waals surface area contributed by atoms with Gasteiger partial charge in [0.25, 0.3) is 5.91 Å². The highest BCUT2D eigenvalue weighted by Gasteiger charge is 2.44. The summed E-state index contributed by atoms with van der Waals surface area (Å²) in [7, 11) is 1.56. The Balaban J connectivity index is 1.59. The average Bonchev–Trinajstić information content (AvgIpc) is 2.95. The molecule has 6 rings (SSSR count). The van der Waals surface area contributed by atoms with Gasteiger partial charge >= 0.3 is 0 Å². The molecule has 40 heavy (non-hydrogen) atoms. The van der Waals surface area contributed by atoms with Gasteiger partial charge in [0.15, 0.2) is 23.1 Å². The zero-order valence-electron chi connectivity index (χ0n) is 21.4. The van der Waals surface area contributed by atoms with E-state index in [1.54, 1.807) is 18.1 Å². The molecule has 2 atom stereocenters. The molecule has 0 saturated carbocycles. The zero-order chi connectivity index (χ0) is 28.0. The topological polar surface area (TPSA) is 64.0 Å². The summed E-state index contributed by atoms with van der Waals surface area (Å²) in [6, 6.07) is 17.2. The first kappa shape index (κ1) is 25.5. The van der Waals surface area contributed by atoms with Gasteiger partial charge in [-0.3, -0.25) is 19.3 Å². The number of benzene rings is 3. The molecule has 1 amide bonds. The number of carbonyl (C=O) groups is 1.